The highest BCUT2D eigenvalue weighted by Gasteiger charge is 2.20. The Morgan fingerprint density at radius 1 is 0.808 bits per heavy atom. The van der Waals surface area contributed by atoms with Crippen molar-refractivity contribution < 1.29 is 0 Å². The van der Waals surface area contributed by atoms with E-state index in [0.717, 1.165) is 37.9 Å². The Hall–Kier alpha value is -2.30. The maximum Gasteiger partial charge on any atom is 0.227 e. The van der Waals surface area contributed by atoms with E-state index in [2.05, 4.69) is 50.4 Å². The average molecular weight is 351 g/mol. The summed E-state index contributed by atoms with van der Waals surface area (Å²) < 4.78 is 0. The molecular formula is C21H29N5. The van der Waals surface area contributed by atoms with E-state index >= 15 is 0 Å². The second kappa shape index (κ2) is 8.39. The number of aromatic nitrogens is 2. The molecule has 1 saturated heterocycles. The predicted molar refractivity (Wildman–Crippen MR) is 108 cm³/mol. The van der Waals surface area contributed by atoms with Gasteiger partial charge in [0.05, 0.1) is 0 Å². The molecule has 0 amide bonds. The summed E-state index contributed by atoms with van der Waals surface area (Å²) in [6.45, 7) is 3.94. The van der Waals surface area contributed by atoms with Crippen molar-refractivity contribution in [3.8, 4) is 0 Å². The lowest BCUT2D eigenvalue weighted by Crippen LogP contribution is -2.47. The summed E-state index contributed by atoms with van der Waals surface area (Å²) in [7, 11) is 0. The van der Waals surface area contributed by atoms with Gasteiger partial charge in [-0.25, -0.2) is 4.98 Å². The minimum absolute atomic E-state index is 0.565. The molecule has 5 heteroatoms. The number of piperazine rings is 1. The van der Waals surface area contributed by atoms with Gasteiger partial charge in [-0.15, -0.1) is 0 Å². The predicted octanol–water partition coefficient (Wildman–Crippen LogP) is 3.94. The number of para-hydroxylation sites is 1. The van der Waals surface area contributed by atoms with Gasteiger partial charge in [0, 0.05) is 44.1 Å². The molecule has 2 aromatic rings. The fourth-order valence-corrected chi connectivity index (χ4v) is 4.02. The first-order chi connectivity index (χ1) is 12.9. The standard InChI is InChI=1S/C21H29N5/c1-2-5-9-18(8-4-1)23-20-12-13-22-21(24-20)26-16-14-25(15-17-26)19-10-6-3-7-11-19/h3,6-7,10-13,18H,1-2,4-5,8-9,14-17H2,(H,22,23,24). The van der Waals surface area contributed by atoms with Crippen molar-refractivity contribution in [2.24, 2.45) is 0 Å². The lowest BCUT2D eigenvalue weighted by molar-refractivity contribution is 0.615. The zero-order valence-electron chi connectivity index (χ0n) is 15.5. The molecule has 0 radical (unpaired) electrons. The van der Waals surface area contributed by atoms with Crippen LogP contribution in [0.1, 0.15) is 38.5 Å². The van der Waals surface area contributed by atoms with Crippen LogP contribution in [0.5, 0.6) is 0 Å². The van der Waals surface area contributed by atoms with Crippen LogP contribution in [0, 0.1) is 0 Å². The Balaban J connectivity index is 1.36. The van der Waals surface area contributed by atoms with Crippen LogP contribution in [-0.2, 0) is 0 Å². The highest BCUT2D eigenvalue weighted by Crippen LogP contribution is 2.22. The normalized spacial score (nSPS) is 19.2. The molecule has 1 saturated carbocycles. The Labute approximate surface area is 156 Å². The zero-order valence-corrected chi connectivity index (χ0v) is 15.5. The SMILES string of the molecule is c1ccc(N2CCN(c3nccc(NC4CCCCCC4)n3)CC2)cc1. The van der Waals surface area contributed by atoms with Gasteiger partial charge in [0.2, 0.25) is 5.95 Å². The maximum atomic E-state index is 4.80. The quantitative estimate of drug-likeness (QED) is 0.845. The summed E-state index contributed by atoms with van der Waals surface area (Å²) in [5.74, 6) is 1.84. The number of nitrogens with one attached hydrogen (secondary N) is 1. The number of hydrogen-bond donors (Lipinski definition) is 1. The largest absolute Gasteiger partial charge is 0.368 e. The van der Waals surface area contributed by atoms with Crippen molar-refractivity contribution in [2.45, 2.75) is 44.6 Å². The van der Waals surface area contributed by atoms with Gasteiger partial charge in [-0.3, -0.25) is 0 Å². The van der Waals surface area contributed by atoms with Gasteiger partial charge in [-0.2, -0.15) is 4.98 Å². The molecule has 1 N–H and O–H groups in total. The first-order valence-electron chi connectivity index (χ1n) is 10.0. The van der Waals surface area contributed by atoms with Gasteiger partial charge >= 0.3 is 0 Å². The lowest BCUT2D eigenvalue weighted by atomic mass is 10.1. The van der Waals surface area contributed by atoms with Crippen LogP contribution in [-0.4, -0.2) is 42.2 Å². The number of anilines is 3. The molecule has 0 bridgehead atoms. The first kappa shape index (κ1) is 17.1. The summed E-state index contributed by atoms with van der Waals surface area (Å²) in [4.78, 5) is 14.1. The molecule has 5 nitrogen and oxygen atoms in total. The number of rotatable bonds is 4. The van der Waals surface area contributed by atoms with E-state index in [1.807, 2.05) is 12.3 Å². The van der Waals surface area contributed by atoms with E-state index in [4.69, 9.17) is 4.98 Å². The van der Waals surface area contributed by atoms with Crippen molar-refractivity contribution in [2.75, 3.05) is 41.3 Å². The molecule has 2 fully saturated rings. The highest BCUT2D eigenvalue weighted by molar-refractivity contribution is 5.49. The smallest absolute Gasteiger partial charge is 0.227 e. The van der Waals surface area contributed by atoms with Crippen LogP contribution in [0.15, 0.2) is 42.6 Å². The van der Waals surface area contributed by atoms with E-state index in [1.54, 1.807) is 0 Å². The fourth-order valence-electron chi connectivity index (χ4n) is 4.02. The topological polar surface area (TPSA) is 44.3 Å². The lowest BCUT2D eigenvalue weighted by Gasteiger charge is -2.36. The van der Waals surface area contributed by atoms with Crippen LogP contribution >= 0.6 is 0 Å². The number of nitrogens with zero attached hydrogens (tertiary/aromatic N) is 4. The van der Waals surface area contributed by atoms with Gasteiger partial charge in [-0.1, -0.05) is 43.9 Å². The Bertz CT molecular complexity index is 674. The van der Waals surface area contributed by atoms with Crippen LogP contribution < -0.4 is 15.1 Å². The van der Waals surface area contributed by atoms with Crippen LogP contribution in [0.4, 0.5) is 17.5 Å². The summed E-state index contributed by atoms with van der Waals surface area (Å²) in [5.41, 5.74) is 1.30. The zero-order chi connectivity index (χ0) is 17.6. The first-order valence-corrected chi connectivity index (χ1v) is 10.0. The maximum absolute atomic E-state index is 4.80. The summed E-state index contributed by atoms with van der Waals surface area (Å²) >= 11 is 0. The van der Waals surface area contributed by atoms with Crippen LogP contribution in [0.2, 0.25) is 0 Å². The number of hydrogen-bond acceptors (Lipinski definition) is 5. The molecule has 1 aliphatic heterocycles. The highest BCUT2D eigenvalue weighted by atomic mass is 15.3. The molecule has 138 valence electrons. The molecule has 1 aromatic heterocycles. The van der Waals surface area contributed by atoms with E-state index in [-0.39, 0.29) is 0 Å². The van der Waals surface area contributed by atoms with Crippen molar-refractivity contribution >= 4 is 17.5 Å². The van der Waals surface area contributed by atoms with Gasteiger partial charge < -0.3 is 15.1 Å². The Kier molecular flexibility index (Phi) is 5.53. The minimum atomic E-state index is 0.565. The third-order valence-corrected chi connectivity index (χ3v) is 5.53. The summed E-state index contributed by atoms with van der Waals surface area (Å²) in [6, 6.07) is 13.2. The summed E-state index contributed by atoms with van der Waals surface area (Å²) in [6.07, 6.45) is 9.82. The molecule has 1 aliphatic carbocycles. The molecule has 0 spiro atoms. The van der Waals surface area contributed by atoms with Crippen molar-refractivity contribution in [1.82, 2.24) is 9.97 Å². The van der Waals surface area contributed by atoms with E-state index in [9.17, 15) is 0 Å². The van der Waals surface area contributed by atoms with Gasteiger partial charge in [0.15, 0.2) is 0 Å². The molecule has 2 heterocycles. The van der Waals surface area contributed by atoms with Gasteiger partial charge in [0.25, 0.3) is 0 Å². The molecule has 2 aliphatic rings. The Morgan fingerprint density at radius 2 is 1.50 bits per heavy atom. The van der Waals surface area contributed by atoms with Gasteiger partial charge in [0.1, 0.15) is 5.82 Å². The minimum Gasteiger partial charge on any atom is -0.368 e. The van der Waals surface area contributed by atoms with E-state index in [0.29, 0.717) is 6.04 Å². The van der Waals surface area contributed by atoms with Crippen LogP contribution in [0.25, 0.3) is 0 Å². The van der Waals surface area contributed by atoms with Crippen molar-refractivity contribution in [1.29, 1.82) is 0 Å². The molecule has 4 rings (SSSR count). The number of benzene rings is 1. The molecule has 1 aromatic carbocycles. The Morgan fingerprint density at radius 3 is 2.23 bits per heavy atom. The second-order valence-corrected chi connectivity index (χ2v) is 7.38. The van der Waals surface area contributed by atoms with E-state index < -0.39 is 0 Å². The fraction of sp³-hybridized carbons (Fsp3) is 0.524. The molecular weight excluding hydrogens is 322 g/mol. The third kappa shape index (κ3) is 4.26. The van der Waals surface area contributed by atoms with Crippen molar-refractivity contribution in [3.05, 3.63) is 42.6 Å². The van der Waals surface area contributed by atoms with E-state index in [1.165, 1.54) is 44.2 Å². The third-order valence-electron chi connectivity index (χ3n) is 5.53. The van der Waals surface area contributed by atoms with Gasteiger partial charge in [-0.05, 0) is 31.0 Å². The molecule has 0 atom stereocenters. The monoisotopic (exact) mass is 351 g/mol. The van der Waals surface area contributed by atoms with Crippen LogP contribution in [0.3, 0.4) is 0 Å². The average Bonchev–Trinajstić information content (AvgIpc) is 2.98. The summed E-state index contributed by atoms with van der Waals surface area (Å²) in [5, 5.41) is 3.65. The molecule has 0 unspecified atom stereocenters. The second-order valence-electron chi connectivity index (χ2n) is 7.38. The molecule has 26 heavy (non-hydrogen) atoms. The van der Waals surface area contributed by atoms with Crippen molar-refractivity contribution in [3.63, 3.8) is 0 Å².